The van der Waals surface area contributed by atoms with E-state index in [1.54, 1.807) is 109 Å². The van der Waals surface area contributed by atoms with Crippen LogP contribution in [0, 0.1) is 59.2 Å². The molecule has 45 heteroatoms. The fraction of sp³-hybridized carbons (Fsp3) is 0.479. The SMILES string of the molecule is CC#CCn1c(Cl)nc2c(=O)n(C)ncc21.CC#CCn1c(Cl)nc2cnn(C)c(=O)c21.CC#CCn1c(N2CCN(C(=O)OC(C)(C)C)CC2)nc2c(=O)n(C)ncc21.CC#CCn1c(N2CCNCC2)nc2c(=O)n(C)ncc21.CC#CCn1c(N[C@@H]2CCCC[C@H]2N)nc2cnn(C)c(=O)c21.O=C(O)C(F)(F)F.O=C(O)C(F)(F)F. The molecule has 2 aliphatic heterocycles. The zero-order valence-electron chi connectivity index (χ0n) is 66.5. The number of alkyl halides is 6. The number of aromatic nitrogens is 20. The number of anilines is 3. The molecule has 3 aliphatic rings. The number of ether oxygens (including phenoxy) is 1. The molecule has 13 rings (SSSR count). The third-order valence-electron chi connectivity index (χ3n) is 17.4. The number of carboxylic acid groups (broad SMARTS) is 2. The van der Waals surface area contributed by atoms with E-state index in [9.17, 15) is 55.1 Å². The molecule has 10 aromatic rings. The number of nitrogens with zero attached hydrogens (tertiary/aromatic N) is 23. The summed E-state index contributed by atoms with van der Waals surface area (Å²) in [7, 11) is 8.02. The lowest BCUT2D eigenvalue weighted by atomic mass is 9.91. The fourth-order valence-electron chi connectivity index (χ4n) is 11.4. The number of carboxylic acids is 2. The van der Waals surface area contributed by atoms with E-state index in [0.29, 0.717) is 120 Å². The van der Waals surface area contributed by atoms with Crippen molar-refractivity contribution in [3.63, 3.8) is 0 Å². The van der Waals surface area contributed by atoms with Gasteiger partial charge >= 0.3 is 30.4 Å². The predicted molar refractivity (Wildman–Crippen MR) is 427 cm³/mol. The Bertz CT molecular complexity index is 5950. The predicted octanol–water partition coefficient (Wildman–Crippen LogP) is 4.49. The van der Waals surface area contributed by atoms with E-state index in [1.807, 2.05) is 34.5 Å². The highest BCUT2D eigenvalue weighted by Crippen LogP contribution is 2.27. The van der Waals surface area contributed by atoms with Crippen molar-refractivity contribution >= 4 is 114 Å². The van der Waals surface area contributed by atoms with Crippen LogP contribution in [0.2, 0.25) is 10.6 Å². The van der Waals surface area contributed by atoms with Crippen LogP contribution in [0.1, 0.15) is 81.1 Å². The molecule has 0 radical (unpaired) electrons. The Balaban J connectivity index is 0.000000198. The van der Waals surface area contributed by atoms with Crippen LogP contribution in [0.15, 0.2) is 55.0 Å². The van der Waals surface area contributed by atoms with Crippen molar-refractivity contribution in [2.24, 2.45) is 41.0 Å². The molecule has 12 heterocycles. The van der Waals surface area contributed by atoms with Crippen LogP contribution >= 0.6 is 23.2 Å². The lowest BCUT2D eigenvalue weighted by Crippen LogP contribution is -2.50. The van der Waals surface area contributed by atoms with Crippen LogP contribution in [0.5, 0.6) is 0 Å². The maximum atomic E-state index is 12.4. The topological polar surface area (TPSA) is 424 Å². The fourth-order valence-corrected chi connectivity index (χ4v) is 11.9. The first-order valence-corrected chi connectivity index (χ1v) is 36.7. The highest BCUT2D eigenvalue weighted by molar-refractivity contribution is 6.29. The molecule has 10 aromatic heterocycles. The zero-order valence-corrected chi connectivity index (χ0v) is 68.0. The summed E-state index contributed by atoms with van der Waals surface area (Å²) in [6.45, 7) is 22.3. The van der Waals surface area contributed by atoms with Gasteiger partial charge in [-0.05, 0) is 91.4 Å². The van der Waals surface area contributed by atoms with E-state index in [-0.39, 0.29) is 56.5 Å². The number of carbonyl (C=O) groups is 3. The van der Waals surface area contributed by atoms with Crippen LogP contribution in [0.4, 0.5) is 49.0 Å². The molecule has 630 valence electrons. The van der Waals surface area contributed by atoms with Crippen molar-refractivity contribution in [3.05, 3.63) is 93.3 Å². The highest BCUT2D eigenvalue weighted by atomic mass is 35.5. The van der Waals surface area contributed by atoms with Gasteiger partial charge in [0.15, 0.2) is 16.6 Å². The minimum Gasteiger partial charge on any atom is -0.475 e. The van der Waals surface area contributed by atoms with Gasteiger partial charge in [0, 0.05) is 99.7 Å². The molecule has 0 bridgehead atoms. The lowest BCUT2D eigenvalue weighted by Gasteiger charge is -2.36. The first kappa shape index (κ1) is 92.4. The van der Waals surface area contributed by atoms with Gasteiger partial charge in [-0.3, -0.25) is 42.2 Å². The van der Waals surface area contributed by atoms with Crippen molar-refractivity contribution in [2.75, 3.05) is 67.5 Å². The smallest absolute Gasteiger partial charge is 0.475 e. The molecule has 37 nitrogen and oxygen atoms in total. The number of piperazine rings is 2. The van der Waals surface area contributed by atoms with Gasteiger partial charge < -0.3 is 50.6 Å². The van der Waals surface area contributed by atoms with Crippen molar-refractivity contribution in [1.82, 2.24) is 107 Å². The quantitative estimate of drug-likeness (QED) is 0.0981. The van der Waals surface area contributed by atoms with E-state index in [4.69, 9.17) is 53.5 Å². The second kappa shape index (κ2) is 41.2. The summed E-state index contributed by atoms with van der Waals surface area (Å²) >= 11 is 11.9. The molecular formula is C73H86Cl2F6N26O11. The average molecular weight is 1690 g/mol. The van der Waals surface area contributed by atoms with Gasteiger partial charge in [-0.2, -0.15) is 51.8 Å². The molecule has 2 atom stereocenters. The normalized spacial score (nSPS) is 14.4. The minimum absolute atomic E-state index is 0.107. The Hall–Kier alpha value is -12.8. The average Bonchev–Trinajstić information content (AvgIpc) is 1.64. The number of rotatable bonds is 9. The maximum Gasteiger partial charge on any atom is 0.490 e. The molecule has 1 amide bonds. The number of imidazole rings is 5. The Labute approximate surface area is 678 Å². The number of carbonyl (C=O) groups excluding carboxylic acids is 1. The van der Waals surface area contributed by atoms with E-state index >= 15 is 0 Å². The molecular weight excluding hydrogens is 1600 g/mol. The van der Waals surface area contributed by atoms with Gasteiger partial charge in [-0.1, -0.05) is 42.4 Å². The second-order valence-corrected chi connectivity index (χ2v) is 27.3. The van der Waals surface area contributed by atoms with Crippen molar-refractivity contribution in [3.8, 4) is 59.2 Å². The molecule has 2 saturated heterocycles. The third-order valence-corrected chi connectivity index (χ3v) is 18.0. The zero-order chi connectivity index (χ0) is 87.3. The molecule has 0 spiro atoms. The first-order valence-electron chi connectivity index (χ1n) is 36.0. The summed E-state index contributed by atoms with van der Waals surface area (Å²) in [4.78, 5) is 118. The molecule has 1 saturated carbocycles. The Morgan fingerprint density at radius 3 is 1.26 bits per heavy atom. The van der Waals surface area contributed by atoms with Crippen LogP contribution < -0.4 is 54.0 Å². The highest BCUT2D eigenvalue weighted by Gasteiger charge is 2.39. The number of nitrogens with two attached hydrogens (primary N) is 1. The summed E-state index contributed by atoms with van der Waals surface area (Å²) < 4.78 is 84.2. The van der Waals surface area contributed by atoms with E-state index in [2.05, 4.69) is 130 Å². The van der Waals surface area contributed by atoms with Crippen LogP contribution in [0.3, 0.4) is 0 Å². The number of amides is 1. The van der Waals surface area contributed by atoms with E-state index in [0.717, 1.165) is 56.9 Å². The lowest BCUT2D eigenvalue weighted by molar-refractivity contribution is -0.193. The Kier molecular flexibility index (Phi) is 32.3. The molecule has 0 unspecified atom stereocenters. The molecule has 118 heavy (non-hydrogen) atoms. The standard InChI is InChI=1S/C19H26N6O3.C16H22N6O.C14H18N6O.2C10H9ClN4O.2C2HF3O2/c1-6-7-8-25-14-13-20-22(5)16(26)15(14)21-17(25)23-9-11-24(12-10-23)18(27)28-19(2,3)4;1-3-4-9-22-14-13(10-18-21(2)15(14)23)20-16(22)19-12-8-6-5-7-11(12)17;1-3-4-7-20-11-10-16-18(2)13(21)12(11)17-14(20)19-8-5-15-6-9-19;1-3-4-5-15-7-6-12-14(2)9(16)8(7)13-10(15)11;1-3-4-5-15-8-7(13-10(15)11)6-12-14(2)9(8)16;2*3-2(4,5)1(6)7/h13H,8-12H2,1-5H3;10-12H,5-9,17H2,1-2H3,(H,19,20);10,15H,5-9H2,1-2H3;2*6H,5H2,1-2H3;2*(H,6,7)/t;11-,12-;;;;;/m.1...../s1. The first-order chi connectivity index (χ1) is 55.7. The number of fused-ring (bicyclic) bond motifs is 5. The number of aryl methyl sites for hydroxylation is 5. The van der Waals surface area contributed by atoms with Crippen molar-refractivity contribution < 1.29 is 55.7 Å². The summed E-state index contributed by atoms with van der Waals surface area (Å²) in [6, 6.07) is 0.279. The van der Waals surface area contributed by atoms with Gasteiger partial charge in [0.25, 0.3) is 27.8 Å². The number of nitrogens with one attached hydrogen (secondary N) is 2. The van der Waals surface area contributed by atoms with Gasteiger partial charge in [0.1, 0.15) is 27.7 Å². The van der Waals surface area contributed by atoms with Gasteiger partial charge in [0.05, 0.1) is 80.3 Å². The number of hydrogen-bond acceptors (Lipinski definition) is 24. The Morgan fingerprint density at radius 1 is 0.500 bits per heavy atom. The van der Waals surface area contributed by atoms with Gasteiger partial charge in [-0.25, -0.2) is 62.7 Å². The second-order valence-electron chi connectivity index (χ2n) is 26.6. The third kappa shape index (κ3) is 23.5. The van der Waals surface area contributed by atoms with Gasteiger partial charge in [-0.15, -0.1) is 29.6 Å². The molecule has 3 fully saturated rings. The maximum absolute atomic E-state index is 12.4. The summed E-state index contributed by atoms with van der Waals surface area (Å²) in [5, 5.41) is 41.6. The number of hydrogen-bond donors (Lipinski definition) is 5. The monoisotopic (exact) mass is 1690 g/mol. The largest absolute Gasteiger partial charge is 0.490 e. The number of aliphatic carboxylic acids is 2. The summed E-state index contributed by atoms with van der Waals surface area (Å²) in [5.41, 5.74) is 9.82. The molecule has 1 aliphatic carbocycles. The van der Waals surface area contributed by atoms with Crippen molar-refractivity contribution in [1.29, 1.82) is 0 Å². The summed E-state index contributed by atoms with van der Waals surface area (Å²) in [5.74, 6) is 25.6. The summed E-state index contributed by atoms with van der Waals surface area (Å²) in [6.07, 6.45) is 1.88. The number of halogens is 8. The minimum atomic E-state index is -5.08. The Morgan fingerprint density at radius 2 is 0.847 bits per heavy atom. The van der Waals surface area contributed by atoms with Gasteiger partial charge in [0.2, 0.25) is 28.4 Å². The van der Waals surface area contributed by atoms with Crippen LogP contribution in [-0.2, 0) is 82.3 Å². The van der Waals surface area contributed by atoms with Crippen LogP contribution in [-0.4, -0.2) is 212 Å². The molecule has 0 aromatic carbocycles. The van der Waals surface area contributed by atoms with Crippen molar-refractivity contribution in [2.45, 2.75) is 144 Å². The van der Waals surface area contributed by atoms with E-state index < -0.39 is 29.9 Å². The molecule has 6 N–H and O–H groups in total. The van der Waals surface area contributed by atoms with E-state index in [1.165, 1.54) is 36.0 Å². The van der Waals surface area contributed by atoms with Crippen LogP contribution in [0.25, 0.3) is 55.2 Å².